The minimum Gasteiger partial charge on any atom is -0.392 e. The Morgan fingerprint density at radius 3 is 2.93 bits per heavy atom. The number of hydrogen-bond acceptors (Lipinski definition) is 4. The predicted molar refractivity (Wildman–Crippen MR) is 59.0 cm³/mol. The largest absolute Gasteiger partial charge is 0.392 e. The number of aliphatic hydroxyl groups is 1. The van der Waals surface area contributed by atoms with Gasteiger partial charge in [-0.3, -0.25) is 4.98 Å². The Kier molecular flexibility index (Phi) is 4.27. The number of aliphatic hydroxyl groups excluding tert-OH is 1. The zero-order chi connectivity index (χ0) is 10.6. The standard InChI is InChI=1S/C9H10INO3/c1-2-7-8(9(13)14-10)6(5-12)3-4-11-7/h3-4,12H,2,5H2,1H3. The molecule has 0 amide bonds. The van der Waals surface area contributed by atoms with Crippen molar-refractivity contribution in [3.63, 3.8) is 0 Å². The molecule has 0 saturated carbocycles. The van der Waals surface area contributed by atoms with Crippen molar-refractivity contribution >= 4 is 29.0 Å². The SMILES string of the molecule is CCc1nccc(CO)c1C(=O)OI. The lowest BCUT2D eigenvalue weighted by Crippen LogP contribution is -2.09. The van der Waals surface area contributed by atoms with Crippen LogP contribution in [-0.2, 0) is 16.1 Å². The average Bonchev–Trinajstić information content (AvgIpc) is 2.26. The van der Waals surface area contributed by atoms with E-state index in [1.807, 2.05) is 6.92 Å². The van der Waals surface area contributed by atoms with Gasteiger partial charge in [0.25, 0.3) is 0 Å². The van der Waals surface area contributed by atoms with Gasteiger partial charge >= 0.3 is 5.97 Å². The fraction of sp³-hybridized carbons (Fsp3) is 0.333. The molecular weight excluding hydrogens is 297 g/mol. The molecule has 0 atom stereocenters. The maximum Gasteiger partial charge on any atom is 0.349 e. The lowest BCUT2D eigenvalue weighted by molar-refractivity contribution is 0.0795. The minimum atomic E-state index is -0.459. The molecule has 0 radical (unpaired) electrons. The highest BCUT2D eigenvalue weighted by molar-refractivity contribution is 14.1. The van der Waals surface area contributed by atoms with Crippen LogP contribution in [0.5, 0.6) is 0 Å². The van der Waals surface area contributed by atoms with E-state index in [2.05, 4.69) is 8.05 Å². The van der Waals surface area contributed by atoms with Crippen molar-refractivity contribution in [1.29, 1.82) is 0 Å². The summed E-state index contributed by atoms with van der Waals surface area (Å²) in [4.78, 5) is 15.5. The fourth-order valence-electron chi connectivity index (χ4n) is 1.24. The van der Waals surface area contributed by atoms with Crippen molar-refractivity contribution < 1.29 is 13.0 Å². The molecule has 1 N–H and O–H groups in total. The molecule has 0 bridgehead atoms. The summed E-state index contributed by atoms with van der Waals surface area (Å²) in [6.45, 7) is 1.71. The number of pyridine rings is 1. The van der Waals surface area contributed by atoms with E-state index < -0.39 is 5.97 Å². The second-order valence-corrected chi connectivity index (χ2v) is 3.11. The Morgan fingerprint density at radius 2 is 2.43 bits per heavy atom. The van der Waals surface area contributed by atoms with Gasteiger partial charge in [-0.2, -0.15) is 0 Å². The number of nitrogens with zero attached hydrogens (tertiary/aromatic N) is 1. The molecule has 0 fully saturated rings. The molecule has 0 aliphatic heterocycles. The molecule has 1 aromatic rings. The van der Waals surface area contributed by atoms with Crippen LogP contribution in [0.25, 0.3) is 0 Å². The first-order valence-corrected chi connectivity index (χ1v) is 5.03. The average molecular weight is 307 g/mol. The first kappa shape index (κ1) is 11.4. The highest BCUT2D eigenvalue weighted by Gasteiger charge is 2.16. The fourth-order valence-corrected chi connectivity index (χ4v) is 1.46. The van der Waals surface area contributed by atoms with Gasteiger partial charge in [0.15, 0.2) is 23.0 Å². The molecule has 14 heavy (non-hydrogen) atoms. The summed E-state index contributed by atoms with van der Waals surface area (Å²) >= 11 is 1.52. The maximum absolute atomic E-state index is 11.4. The third kappa shape index (κ3) is 2.21. The Balaban J connectivity index is 3.25. The quantitative estimate of drug-likeness (QED) is 0.863. The van der Waals surface area contributed by atoms with Crippen LogP contribution in [0.3, 0.4) is 0 Å². The highest BCUT2D eigenvalue weighted by Crippen LogP contribution is 2.15. The number of rotatable bonds is 3. The van der Waals surface area contributed by atoms with Crippen LogP contribution in [0.15, 0.2) is 12.3 Å². The first-order valence-electron chi connectivity index (χ1n) is 4.15. The van der Waals surface area contributed by atoms with E-state index in [1.165, 1.54) is 23.0 Å². The molecule has 76 valence electrons. The van der Waals surface area contributed by atoms with Crippen molar-refractivity contribution in [1.82, 2.24) is 4.98 Å². The van der Waals surface area contributed by atoms with Gasteiger partial charge in [-0.05, 0) is 18.1 Å². The zero-order valence-corrected chi connectivity index (χ0v) is 9.82. The van der Waals surface area contributed by atoms with Gasteiger partial charge < -0.3 is 8.17 Å². The molecule has 5 heteroatoms. The van der Waals surface area contributed by atoms with Crippen LogP contribution in [0.1, 0.15) is 28.5 Å². The molecule has 0 unspecified atom stereocenters. The van der Waals surface area contributed by atoms with Gasteiger partial charge in [0.1, 0.15) is 0 Å². The van der Waals surface area contributed by atoms with Gasteiger partial charge in [0, 0.05) is 6.20 Å². The minimum absolute atomic E-state index is 0.184. The Morgan fingerprint density at radius 1 is 1.71 bits per heavy atom. The maximum atomic E-state index is 11.4. The van der Waals surface area contributed by atoms with Gasteiger partial charge in [0.05, 0.1) is 17.9 Å². The number of halogens is 1. The molecule has 0 aliphatic carbocycles. The lowest BCUT2D eigenvalue weighted by Gasteiger charge is -2.07. The predicted octanol–water partition coefficient (Wildman–Crippen LogP) is 1.64. The smallest absolute Gasteiger partial charge is 0.349 e. The van der Waals surface area contributed by atoms with E-state index in [4.69, 9.17) is 5.11 Å². The van der Waals surface area contributed by atoms with E-state index in [1.54, 1.807) is 12.3 Å². The summed E-state index contributed by atoms with van der Waals surface area (Å²) in [5, 5.41) is 9.04. The van der Waals surface area contributed by atoms with Gasteiger partial charge in [0.2, 0.25) is 0 Å². The first-order chi connectivity index (χ1) is 6.74. The third-order valence-electron chi connectivity index (χ3n) is 1.90. The molecule has 0 aromatic carbocycles. The molecule has 4 nitrogen and oxygen atoms in total. The van der Waals surface area contributed by atoms with Gasteiger partial charge in [-0.15, -0.1) is 0 Å². The van der Waals surface area contributed by atoms with E-state index in [-0.39, 0.29) is 6.61 Å². The van der Waals surface area contributed by atoms with E-state index >= 15 is 0 Å². The van der Waals surface area contributed by atoms with Crippen molar-refractivity contribution in [3.8, 4) is 0 Å². The monoisotopic (exact) mass is 307 g/mol. The van der Waals surface area contributed by atoms with Crippen LogP contribution >= 0.6 is 23.0 Å². The summed E-state index contributed by atoms with van der Waals surface area (Å²) in [6, 6.07) is 1.61. The summed E-state index contributed by atoms with van der Waals surface area (Å²) in [5.74, 6) is -0.459. The number of hydrogen-bond donors (Lipinski definition) is 1. The van der Waals surface area contributed by atoms with Gasteiger partial charge in [-0.1, -0.05) is 6.92 Å². The number of carbonyl (C=O) groups excluding carboxylic acids is 1. The number of aromatic nitrogens is 1. The van der Waals surface area contributed by atoms with Crippen molar-refractivity contribution in [2.24, 2.45) is 0 Å². The van der Waals surface area contributed by atoms with E-state index in [9.17, 15) is 4.79 Å². The second kappa shape index (κ2) is 5.26. The zero-order valence-electron chi connectivity index (χ0n) is 7.66. The highest BCUT2D eigenvalue weighted by atomic mass is 127. The van der Waals surface area contributed by atoms with Crippen LogP contribution in [0.4, 0.5) is 0 Å². The summed E-state index contributed by atoms with van der Waals surface area (Å²) in [7, 11) is 0. The summed E-state index contributed by atoms with van der Waals surface area (Å²) in [6.07, 6.45) is 2.21. The molecule has 0 spiro atoms. The van der Waals surface area contributed by atoms with E-state index in [0.717, 1.165) is 0 Å². The van der Waals surface area contributed by atoms with Crippen molar-refractivity contribution in [2.75, 3.05) is 0 Å². The van der Waals surface area contributed by atoms with E-state index in [0.29, 0.717) is 23.2 Å². The third-order valence-corrected chi connectivity index (χ3v) is 2.30. The summed E-state index contributed by atoms with van der Waals surface area (Å²) < 4.78 is 4.60. The van der Waals surface area contributed by atoms with Crippen LogP contribution < -0.4 is 0 Å². The van der Waals surface area contributed by atoms with Gasteiger partial charge in [-0.25, -0.2) is 4.79 Å². The van der Waals surface area contributed by atoms with Crippen molar-refractivity contribution in [3.05, 3.63) is 29.1 Å². The Bertz CT molecular complexity index is 319. The van der Waals surface area contributed by atoms with Crippen LogP contribution in [-0.4, -0.2) is 16.1 Å². The van der Waals surface area contributed by atoms with Crippen LogP contribution in [0.2, 0.25) is 0 Å². The Hall–Kier alpha value is -0.690. The topological polar surface area (TPSA) is 59.4 Å². The number of carbonyl (C=O) groups is 1. The molecule has 1 aromatic heterocycles. The molecule has 1 rings (SSSR count). The molecule has 0 saturated heterocycles. The molecule has 1 heterocycles. The molecule has 0 aliphatic rings. The summed E-state index contributed by atoms with van der Waals surface area (Å²) in [5.41, 5.74) is 1.59. The number of aryl methyl sites for hydroxylation is 1. The Labute approximate surface area is 96.0 Å². The van der Waals surface area contributed by atoms with Crippen LogP contribution in [0, 0.1) is 0 Å². The lowest BCUT2D eigenvalue weighted by atomic mass is 10.1. The normalized spacial score (nSPS) is 9.93. The second-order valence-electron chi connectivity index (χ2n) is 2.67. The molecular formula is C9H10INO3. The van der Waals surface area contributed by atoms with Crippen molar-refractivity contribution in [2.45, 2.75) is 20.0 Å².